The van der Waals surface area contributed by atoms with Gasteiger partial charge < -0.3 is 64.4 Å². The number of pyridine rings is 1. The van der Waals surface area contributed by atoms with E-state index in [9.17, 15) is 43.2 Å². The van der Waals surface area contributed by atoms with Crippen LogP contribution in [0.3, 0.4) is 0 Å². The van der Waals surface area contributed by atoms with E-state index < -0.39 is 35.4 Å². The Hall–Kier alpha value is -13.7. The first-order valence-corrected chi connectivity index (χ1v) is 48.8. The van der Waals surface area contributed by atoms with Crippen molar-refractivity contribution in [3.63, 3.8) is 0 Å². The minimum Gasteiger partial charge on any atom is -0.383 e. The van der Waals surface area contributed by atoms with Crippen molar-refractivity contribution >= 4 is 196 Å². The molecule has 8 saturated heterocycles. The number of piperazine rings is 4. The van der Waals surface area contributed by atoms with Crippen molar-refractivity contribution in [3.05, 3.63) is 258 Å². The molecule has 8 fully saturated rings. The summed E-state index contributed by atoms with van der Waals surface area (Å²) in [5.74, 6) is 2.63. The van der Waals surface area contributed by atoms with E-state index in [2.05, 4.69) is 211 Å². The molecule has 34 nitrogen and oxygen atoms in total. The maximum absolute atomic E-state index is 12.4. The highest BCUT2D eigenvalue weighted by molar-refractivity contribution is 8.51. The molecule has 7 amide bonds. The number of ether oxygens (including phenoxy) is 1. The van der Waals surface area contributed by atoms with Gasteiger partial charge in [-0.3, -0.25) is 63.7 Å². The number of amides is 7. The lowest BCUT2D eigenvalue weighted by Crippen LogP contribution is -2.47. The zero-order valence-corrected chi connectivity index (χ0v) is 81.4. The molecule has 0 atom stereocenters. The van der Waals surface area contributed by atoms with Gasteiger partial charge in [0.05, 0.1) is 49.0 Å². The molecule has 0 saturated carbocycles. The number of carbonyl (C=O) groups is 9. The maximum atomic E-state index is 12.4. The van der Waals surface area contributed by atoms with Crippen molar-refractivity contribution in [2.75, 3.05) is 213 Å². The number of nitrogens with two attached hydrogens (primary N) is 1. The molecule has 4 N–H and O–H groups in total. The smallest absolute Gasteiger partial charge is 0.294 e. The third kappa shape index (κ3) is 26.7. The molecule has 0 unspecified atom stereocenters. The predicted molar refractivity (Wildman–Crippen MR) is 549 cm³/mol. The van der Waals surface area contributed by atoms with Crippen molar-refractivity contribution < 1.29 is 47.9 Å². The van der Waals surface area contributed by atoms with Crippen LogP contribution in [0.4, 0.5) is 83.2 Å². The van der Waals surface area contributed by atoms with E-state index in [1.54, 1.807) is 49.9 Å². The summed E-state index contributed by atoms with van der Waals surface area (Å²) < 4.78 is 5.00. The number of nitrogens with zero attached hydrogens (tertiary/aromatic N) is 21. The van der Waals surface area contributed by atoms with E-state index in [0.717, 1.165) is 205 Å². The normalized spacial score (nSPS) is 17.4. The van der Waals surface area contributed by atoms with E-state index in [0.29, 0.717) is 81.0 Å². The molecule has 0 aliphatic carbocycles. The zero-order chi connectivity index (χ0) is 96.2. The molecule has 0 radical (unpaired) electrons. The molecule has 708 valence electrons. The maximum Gasteiger partial charge on any atom is 0.294 e. The SMILES string of the molecule is COCCN(C)c1cc(/C=C2\SC(=O)SC2=O)nc(N2CCN(c3ccc(C)cc3)CC2)n1.Cc1ccc(N2CCN(c3nc(/C=C4\SC(=O)NC4=O)cc(N(C)CCc4ccccn4)n3)CC2)cc1.Cc1ccc(N2CCN(c3nc(/C=C4\SC(=O)NC4=O)cc(N(C)Cc4ccccc4)n3)CC2)cc1.Cc1ccc(N2CCN(c3nccc(/C=C4\SC(=O)N(CC(N)=O)C4=O)n3)CC2)cc1. The van der Waals surface area contributed by atoms with Crippen molar-refractivity contribution in [1.29, 1.82) is 0 Å². The Kier molecular flexibility index (Phi) is 33.0. The van der Waals surface area contributed by atoms with Crippen LogP contribution >= 0.6 is 58.8 Å². The van der Waals surface area contributed by atoms with Crippen molar-refractivity contribution in [1.82, 2.24) is 60.4 Å². The monoisotopic (exact) mass is 1940 g/mol. The van der Waals surface area contributed by atoms with Gasteiger partial charge in [0.1, 0.15) is 24.0 Å². The van der Waals surface area contributed by atoms with Crippen LogP contribution in [0.5, 0.6) is 0 Å². The number of aromatic nitrogens is 9. The van der Waals surface area contributed by atoms with Crippen LogP contribution in [0, 0.1) is 27.7 Å². The lowest BCUT2D eigenvalue weighted by Gasteiger charge is -2.36. The van der Waals surface area contributed by atoms with Crippen LogP contribution in [0.2, 0.25) is 0 Å². The van der Waals surface area contributed by atoms with Gasteiger partial charge in [-0.05, 0) is 171 Å². The molecule has 137 heavy (non-hydrogen) atoms. The topological polar surface area (TPSA) is 368 Å². The Morgan fingerprint density at radius 2 is 0.788 bits per heavy atom. The number of anilines is 11. The van der Waals surface area contributed by atoms with Gasteiger partial charge in [0, 0.05) is 230 Å². The second kappa shape index (κ2) is 46.2. The van der Waals surface area contributed by atoms with Crippen LogP contribution in [-0.4, -0.2) is 258 Å². The van der Waals surface area contributed by atoms with Gasteiger partial charge in [-0.25, -0.2) is 24.9 Å². The summed E-state index contributed by atoms with van der Waals surface area (Å²) in [6.45, 7) is 23.7. The molecule has 0 spiro atoms. The first-order chi connectivity index (χ1) is 66.2. The number of likely N-dealkylation sites (N-methyl/N-ethyl adjacent to an activating group) is 2. The number of nitrogens with one attached hydrogen (secondary N) is 2. The average Bonchev–Trinajstić information content (AvgIpc) is 1.79. The standard InChI is InChI=1S/C27H29N7O2S.C27H28N6O2S.C23H27N5O3S2.C21H22N6O3S/c1-19-6-8-22(9-7-19)33-13-15-34(16-14-33)26-29-21(17-23-25(35)31-27(36)37-23)18-24(30-26)32(2)12-10-20-5-3-4-11-28-20;1-19-8-10-22(11-9-19)32-12-14-33(15-13-32)26-28-21(16-23-25(34)30-27(35)36-23)17-24(29-26)31(2)18-20-6-4-3-5-7-20;1-16-4-6-18(7-5-16)27-8-10-28(11-9-27)22-24-17(14-19-21(29)33-23(30)32-19)15-20(25-22)26(2)12-13-31-3;1-14-2-4-16(5-3-14)25-8-10-26(11-9-25)20-23-7-6-15(24-20)12-17-19(29)27(13-18(22)28)21(30)31-17/h3-9,11,17-18H,10,12-16H2,1-2H3,(H,31,35,36);3-11,16-17H,12-15,18H2,1-2H3,(H,30,34,35);4-7,14-15H,8-13H2,1-3H3;2-7,12H,8-11,13H2,1H3,(H2,22,28)/b23-17-;23-16-;19-14-;17-12-. The molecule has 5 aromatic carbocycles. The fourth-order valence-electron chi connectivity index (χ4n) is 15.6. The van der Waals surface area contributed by atoms with Crippen molar-refractivity contribution in [2.24, 2.45) is 5.73 Å². The number of hydrogen-bond acceptors (Lipinski definition) is 35. The van der Waals surface area contributed by atoms with Gasteiger partial charge in [-0.15, -0.1) is 0 Å². The Morgan fingerprint density at radius 3 is 1.18 bits per heavy atom. The number of aryl methyl sites for hydroxylation is 4. The highest BCUT2D eigenvalue weighted by Crippen LogP contribution is 2.40. The third-order valence-corrected chi connectivity index (χ3v) is 27.7. The van der Waals surface area contributed by atoms with Crippen LogP contribution in [-0.2, 0) is 41.7 Å². The van der Waals surface area contributed by atoms with E-state index in [4.69, 9.17) is 40.4 Å². The number of carbonyl (C=O) groups excluding carboxylic acids is 9. The minimum absolute atomic E-state index is 0.204. The molecule has 13 heterocycles. The largest absolute Gasteiger partial charge is 0.383 e. The van der Waals surface area contributed by atoms with E-state index in [-0.39, 0.29) is 24.9 Å². The molecule has 18 rings (SSSR count). The number of hydrogen-bond donors (Lipinski definition) is 3. The summed E-state index contributed by atoms with van der Waals surface area (Å²) in [6, 6.07) is 57.6. The summed E-state index contributed by atoms with van der Waals surface area (Å²) in [4.78, 5) is 175. The molecule has 5 aromatic heterocycles. The molecule has 0 bridgehead atoms. The first kappa shape index (κ1) is 97.8. The Bertz CT molecular complexity index is 6180. The predicted octanol–water partition coefficient (Wildman–Crippen LogP) is 12.9. The van der Waals surface area contributed by atoms with Gasteiger partial charge in [-0.1, -0.05) is 107 Å². The highest BCUT2D eigenvalue weighted by Gasteiger charge is 2.37. The molecule has 8 aliphatic heterocycles. The quantitative estimate of drug-likeness (QED) is 0.0447. The average molecular weight is 1940 g/mol. The van der Waals surface area contributed by atoms with Gasteiger partial charge >= 0.3 is 0 Å². The van der Waals surface area contributed by atoms with Crippen LogP contribution in [0.25, 0.3) is 24.3 Å². The summed E-state index contributed by atoms with van der Waals surface area (Å²) in [6.07, 6.45) is 10.8. The zero-order valence-electron chi connectivity index (χ0n) is 77.3. The van der Waals surface area contributed by atoms with Gasteiger partial charge in [0.25, 0.3) is 37.9 Å². The van der Waals surface area contributed by atoms with E-state index in [1.165, 1.54) is 50.6 Å². The lowest BCUT2D eigenvalue weighted by molar-refractivity contribution is -0.127. The fraction of sp³-hybridized carbons (Fsp3) is 0.306. The summed E-state index contributed by atoms with van der Waals surface area (Å²) >= 11 is 4.24. The number of benzene rings is 5. The van der Waals surface area contributed by atoms with Crippen LogP contribution < -0.4 is 70.3 Å². The number of rotatable bonds is 25. The van der Waals surface area contributed by atoms with Crippen LogP contribution in [0.1, 0.15) is 56.3 Å². The Balaban J connectivity index is 0.000000139. The summed E-state index contributed by atoms with van der Waals surface area (Å²) in [7, 11) is 7.60. The summed E-state index contributed by atoms with van der Waals surface area (Å²) in [5.41, 5.74) is 19.5. The molecular formula is C98H106N24O10S5. The third-order valence-electron chi connectivity index (χ3n) is 23.3. The number of thioether (sulfide) groups is 5. The molecular weight excluding hydrogens is 1830 g/mol. The second-order valence-electron chi connectivity index (χ2n) is 33.3. The molecule has 10 aromatic rings. The first-order valence-electron chi connectivity index (χ1n) is 44.7. The number of primary amides is 1. The Morgan fingerprint density at radius 1 is 0.401 bits per heavy atom. The fourth-order valence-corrected chi connectivity index (χ4v) is 19.4. The second-order valence-corrected chi connectivity index (χ2v) is 38.6. The van der Waals surface area contributed by atoms with Crippen molar-refractivity contribution in [3.8, 4) is 0 Å². The lowest BCUT2D eigenvalue weighted by atomic mass is 10.2. The van der Waals surface area contributed by atoms with Gasteiger partial charge in [0.2, 0.25) is 34.8 Å². The van der Waals surface area contributed by atoms with E-state index >= 15 is 0 Å². The number of imide groups is 3. The van der Waals surface area contributed by atoms with Crippen LogP contribution in [0.15, 0.2) is 202 Å². The summed E-state index contributed by atoms with van der Waals surface area (Å²) in [5, 5.41) is 3.13. The van der Waals surface area contributed by atoms with Gasteiger partial charge in [0.15, 0.2) is 0 Å². The molecule has 39 heteroatoms. The number of methoxy groups -OCH3 is 1. The Labute approximate surface area is 816 Å². The highest BCUT2D eigenvalue weighted by atomic mass is 32.2. The van der Waals surface area contributed by atoms with E-state index in [1.807, 2.05) is 80.6 Å². The minimum atomic E-state index is -0.738. The van der Waals surface area contributed by atoms with Crippen molar-refractivity contribution in [2.45, 2.75) is 40.7 Å². The van der Waals surface area contributed by atoms with Gasteiger partial charge in [-0.2, -0.15) is 15.0 Å². The molecule has 8 aliphatic rings.